The number of amides is 1. The van der Waals surface area contributed by atoms with Crippen LogP contribution in [0.3, 0.4) is 0 Å². The fourth-order valence-electron chi connectivity index (χ4n) is 3.68. The minimum absolute atomic E-state index is 0.201. The molecule has 0 N–H and O–H groups in total. The number of halogens is 1. The van der Waals surface area contributed by atoms with Gasteiger partial charge in [-0.3, -0.25) is 9.69 Å². The van der Waals surface area contributed by atoms with E-state index in [0.29, 0.717) is 19.0 Å². The van der Waals surface area contributed by atoms with Crippen molar-refractivity contribution in [1.29, 1.82) is 0 Å². The minimum atomic E-state index is -0.240. The molecule has 1 unspecified atom stereocenters. The molecule has 1 aliphatic heterocycles. The molecule has 1 heterocycles. The molecule has 0 saturated carbocycles. The van der Waals surface area contributed by atoms with Gasteiger partial charge in [0.15, 0.2) is 0 Å². The molecule has 1 atom stereocenters. The number of nitrogens with zero attached hydrogens (tertiary/aromatic N) is 2. The topological polar surface area (TPSA) is 23.6 Å². The molecule has 3 rings (SSSR count). The second-order valence-corrected chi connectivity index (χ2v) is 6.97. The molecule has 138 valence electrons. The summed E-state index contributed by atoms with van der Waals surface area (Å²) in [4.78, 5) is 16.9. The van der Waals surface area contributed by atoms with E-state index in [1.807, 2.05) is 11.0 Å². The highest BCUT2D eigenvalue weighted by Gasteiger charge is 2.26. The lowest BCUT2D eigenvalue weighted by atomic mass is 10.1. The summed E-state index contributed by atoms with van der Waals surface area (Å²) in [5.74, 6) is -0.0388. The van der Waals surface area contributed by atoms with Crippen molar-refractivity contribution in [3.05, 3.63) is 71.5 Å². The number of likely N-dealkylation sites (tertiary alicyclic amines) is 1. The van der Waals surface area contributed by atoms with E-state index in [2.05, 4.69) is 36.1 Å². The Morgan fingerprint density at radius 3 is 2.46 bits per heavy atom. The maximum absolute atomic E-state index is 13.1. The second-order valence-electron chi connectivity index (χ2n) is 6.97. The highest BCUT2D eigenvalue weighted by Crippen LogP contribution is 2.21. The molecule has 26 heavy (non-hydrogen) atoms. The summed E-state index contributed by atoms with van der Waals surface area (Å²) in [6.07, 6.45) is 2.46. The highest BCUT2D eigenvalue weighted by atomic mass is 19.1. The monoisotopic (exact) mass is 354 g/mol. The first-order chi connectivity index (χ1) is 12.7. The molecule has 0 aromatic heterocycles. The van der Waals surface area contributed by atoms with E-state index in [9.17, 15) is 9.18 Å². The number of hydrogen-bond acceptors (Lipinski definition) is 2. The van der Waals surface area contributed by atoms with Crippen LogP contribution in [-0.4, -0.2) is 34.8 Å². The summed E-state index contributed by atoms with van der Waals surface area (Å²) in [5, 5.41) is 0. The van der Waals surface area contributed by atoms with E-state index in [1.165, 1.54) is 17.7 Å². The van der Waals surface area contributed by atoms with Gasteiger partial charge >= 0.3 is 0 Å². The van der Waals surface area contributed by atoms with E-state index >= 15 is 0 Å². The summed E-state index contributed by atoms with van der Waals surface area (Å²) >= 11 is 0. The fourth-order valence-corrected chi connectivity index (χ4v) is 3.68. The Kier molecular flexibility index (Phi) is 6.40. The van der Waals surface area contributed by atoms with Gasteiger partial charge in [-0.05, 0) is 42.6 Å². The summed E-state index contributed by atoms with van der Waals surface area (Å²) in [6, 6.07) is 17.4. The lowest BCUT2D eigenvalue weighted by molar-refractivity contribution is -0.131. The van der Waals surface area contributed by atoms with Gasteiger partial charge in [0.1, 0.15) is 5.82 Å². The van der Waals surface area contributed by atoms with Crippen molar-refractivity contribution in [2.24, 2.45) is 0 Å². The van der Waals surface area contributed by atoms with Gasteiger partial charge in [-0.15, -0.1) is 0 Å². The molecule has 1 aliphatic rings. The molecule has 0 bridgehead atoms. The van der Waals surface area contributed by atoms with Gasteiger partial charge in [0.2, 0.25) is 5.91 Å². The first kappa shape index (κ1) is 18.6. The molecule has 1 amide bonds. The predicted octanol–water partition coefficient (Wildman–Crippen LogP) is 4.23. The molecule has 2 aromatic rings. The van der Waals surface area contributed by atoms with Crippen LogP contribution in [0.2, 0.25) is 0 Å². The number of benzene rings is 2. The van der Waals surface area contributed by atoms with Crippen molar-refractivity contribution in [2.75, 3.05) is 13.1 Å². The fraction of sp³-hybridized carbons (Fsp3) is 0.409. The largest absolute Gasteiger partial charge is 0.338 e. The van der Waals surface area contributed by atoms with E-state index in [1.54, 1.807) is 12.1 Å². The van der Waals surface area contributed by atoms with Crippen LogP contribution in [0.15, 0.2) is 54.6 Å². The second kappa shape index (κ2) is 8.95. The zero-order chi connectivity index (χ0) is 18.4. The highest BCUT2D eigenvalue weighted by molar-refractivity contribution is 5.76. The van der Waals surface area contributed by atoms with Crippen LogP contribution in [0.25, 0.3) is 0 Å². The quantitative estimate of drug-likeness (QED) is 0.775. The van der Waals surface area contributed by atoms with Crippen molar-refractivity contribution < 1.29 is 9.18 Å². The molecule has 1 saturated heterocycles. The predicted molar refractivity (Wildman–Crippen MR) is 102 cm³/mol. The third-order valence-corrected chi connectivity index (χ3v) is 5.21. The minimum Gasteiger partial charge on any atom is -0.338 e. The average molecular weight is 354 g/mol. The normalized spacial score (nSPS) is 18.2. The zero-order valence-corrected chi connectivity index (χ0v) is 15.4. The smallest absolute Gasteiger partial charge is 0.222 e. The third kappa shape index (κ3) is 4.92. The Bertz CT molecular complexity index is 702. The van der Waals surface area contributed by atoms with E-state index in [0.717, 1.165) is 38.0 Å². The molecular weight excluding hydrogens is 327 g/mol. The van der Waals surface area contributed by atoms with Crippen molar-refractivity contribution >= 4 is 5.91 Å². The Labute approximate surface area is 155 Å². The first-order valence-electron chi connectivity index (χ1n) is 9.46. The Balaban J connectivity index is 1.62. The Morgan fingerprint density at radius 2 is 1.77 bits per heavy atom. The van der Waals surface area contributed by atoms with Crippen LogP contribution >= 0.6 is 0 Å². The number of carbonyl (C=O) groups is 1. The van der Waals surface area contributed by atoms with E-state index < -0.39 is 0 Å². The van der Waals surface area contributed by atoms with Crippen LogP contribution in [0, 0.1) is 5.82 Å². The lowest BCUT2D eigenvalue weighted by Gasteiger charge is -2.30. The van der Waals surface area contributed by atoms with Gasteiger partial charge in [-0.25, -0.2) is 4.39 Å². The lowest BCUT2D eigenvalue weighted by Crippen LogP contribution is -2.35. The molecule has 0 radical (unpaired) electrons. The SMILES string of the molecule is CCN(Cc1ccccc1)C1CCC(=O)N(Cc2ccc(F)cc2)CC1. The number of rotatable bonds is 6. The van der Waals surface area contributed by atoms with Crippen LogP contribution < -0.4 is 0 Å². The average Bonchev–Trinajstić information content (AvgIpc) is 2.85. The van der Waals surface area contributed by atoms with Crippen LogP contribution in [0.5, 0.6) is 0 Å². The summed E-state index contributed by atoms with van der Waals surface area (Å²) in [6.45, 7) is 5.41. The van der Waals surface area contributed by atoms with Crippen molar-refractivity contribution in [2.45, 2.75) is 45.3 Å². The van der Waals surface area contributed by atoms with Crippen LogP contribution in [-0.2, 0) is 17.9 Å². The van der Waals surface area contributed by atoms with Crippen molar-refractivity contribution in [1.82, 2.24) is 9.80 Å². The molecule has 0 spiro atoms. The number of hydrogen-bond donors (Lipinski definition) is 0. The van der Waals surface area contributed by atoms with Crippen molar-refractivity contribution in [3.63, 3.8) is 0 Å². The molecule has 3 nitrogen and oxygen atoms in total. The van der Waals surface area contributed by atoms with Gasteiger partial charge in [-0.2, -0.15) is 0 Å². The van der Waals surface area contributed by atoms with E-state index in [-0.39, 0.29) is 11.7 Å². The Morgan fingerprint density at radius 1 is 1.04 bits per heavy atom. The third-order valence-electron chi connectivity index (χ3n) is 5.21. The van der Waals surface area contributed by atoms with Crippen LogP contribution in [0.4, 0.5) is 4.39 Å². The zero-order valence-electron chi connectivity index (χ0n) is 15.4. The standard InChI is InChI=1S/C22H27FN2O/c1-2-24(16-18-6-4-3-5-7-18)21-12-13-22(26)25(15-14-21)17-19-8-10-20(23)11-9-19/h3-11,21H,2,12-17H2,1H3. The van der Waals surface area contributed by atoms with Crippen LogP contribution in [0.1, 0.15) is 37.3 Å². The Hall–Kier alpha value is -2.20. The van der Waals surface area contributed by atoms with Gasteiger partial charge < -0.3 is 4.90 Å². The molecular formula is C22H27FN2O. The van der Waals surface area contributed by atoms with Gasteiger partial charge in [0.05, 0.1) is 0 Å². The molecule has 2 aromatic carbocycles. The van der Waals surface area contributed by atoms with Gasteiger partial charge in [-0.1, -0.05) is 49.4 Å². The summed E-state index contributed by atoms with van der Waals surface area (Å²) in [5.41, 5.74) is 2.29. The van der Waals surface area contributed by atoms with E-state index in [4.69, 9.17) is 0 Å². The van der Waals surface area contributed by atoms with Crippen molar-refractivity contribution in [3.8, 4) is 0 Å². The maximum Gasteiger partial charge on any atom is 0.222 e. The molecule has 4 heteroatoms. The van der Waals surface area contributed by atoms with Gasteiger partial charge in [0.25, 0.3) is 0 Å². The first-order valence-corrected chi connectivity index (χ1v) is 9.46. The van der Waals surface area contributed by atoms with Gasteiger partial charge in [0, 0.05) is 32.1 Å². The summed E-state index contributed by atoms with van der Waals surface area (Å²) < 4.78 is 13.1. The molecule has 1 fully saturated rings. The molecule has 0 aliphatic carbocycles. The number of carbonyl (C=O) groups excluding carboxylic acids is 1. The maximum atomic E-state index is 13.1. The summed E-state index contributed by atoms with van der Waals surface area (Å²) in [7, 11) is 0.